The van der Waals surface area contributed by atoms with Gasteiger partial charge >= 0.3 is 5.97 Å². The Balaban J connectivity index is 2.90. The first-order chi connectivity index (χ1) is 9.62. The molecule has 0 aromatic heterocycles. The molecule has 0 spiro atoms. The molecule has 1 rings (SSSR count). The lowest BCUT2D eigenvalue weighted by molar-refractivity contribution is -0.140. The van der Waals surface area contributed by atoms with E-state index in [1.54, 1.807) is 18.2 Å². The zero-order chi connectivity index (χ0) is 15.0. The van der Waals surface area contributed by atoms with Crippen LogP contribution in [0.15, 0.2) is 18.2 Å². The molecule has 0 aliphatic heterocycles. The highest BCUT2D eigenvalue weighted by Gasteiger charge is 2.15. The Kier molecular flexibility index (Phi) is 6.56. The maximum absolute atomic E-state index is 12.2. The van der Waals surface area contributed by atoms with E-state index in [0.29, 0.717) is 30.3 Å². The summed E-state index contributed by atoms with van der Waals surface area (Å²) >= 11 is 0. The molecule has 5 heteroatoms. The molecule has 0 saturated heterocycles. The first kappa shape index (κ1) is 16.0. The average molecular weight is 280 g/mol. The van der Waals surface area contributed by atoms with E-state index in [1.807, 2.05) is 13.8 Å². The van der Waals surface area contributed by atoms with Gasteiger partial charge < -0.3 is 14.2 Å². The first-order valence-corrected chi connectivity index (χ1v) is 6.62. The molecule has 0 atom stereocenters. The van der Waals surface area contributed by atoms with Gasteiger partial charge in [0.05, 0.1) is 32.3 Å². The van der Waals surface area contributed by atoms with Crippen LogP contribution in [-0.4, -0.2) is 32.1 Å². The lowest BCUT2D eigenvalue weighted by Crippen LogP contribution is -2.08. The van der Waals surface area contributed by atoms with Crippen LogP contribution in [0.1, 0.15) is 37.0 Å². The fourth-order valence-electron chi connectivity index (χ4n) is 1.72. The minimum Gasteiger partial charge on any atom is -0.494 e. The summed E-state index contributed by atoms with van der Waals surface area (Å²) < 4.78 is 15.3. The molecular weight excluding hydrogens is 260 g/mol. The molecule has 1 aromatic rings. The minimum absolute atomic E-state index is 0.0553. The van der Waals surface area contributed by atoms with Gasteiger partial charge in [0.25, 0.3) is 0 Å². The zero-order valence-electron chi connectivity index (χ0n) is 12.1. The summed E-state index contributed by atoms with van der Waals surface area (Å²) in [5, 5.41) is 0. The van der Waals surface area contributed by atoms with Crippen LogP contribution < -0.4 is 9.47 Å². The van der Waals surface area contributed by atoms with Gasteiger partial charge in [-0.2, -0.15) is 0 Å². The summed E-state index contributed by atoms with van der Waals surface area (Å²) in [7, 11) is 1.30. The van der Waals surface area contributed by atoms with Crippen molar-refractivity contribution in [3.8, 4) is 11.5 Å². The van der Waals surface area contributed by atoms with Crippen LogP contribution >= 0.6 is 0 Å². The van der Waals surface area contributed by atoms with Crippen LogP contribution in [0, 0.1) is 0 Å². The second kappa shape index (κ2) is 8.19. The van der Waals surface area contributed by atoms with Crippen molar-refractivity contribution < 1.29 is 23.8 Å². The molecule has 0 fully saturated rings. The fourth-order valence-corrected chi connectivity index (χ4v) is 1.72. The predicted octanol–water partition coefficient (Wildman–Crippen LogP) is 2.62. The molecule has 0 unspecified atom stereocenters. The molecule has 0 aliphatic carbocycles. The lowest BCUT2D eigenvalue weighted by Gasteiger charge is -2.11. The van der Waals surface area contributed by atoms with Crippen molar-refractivity contribution >= 4 is 11.8 Å². The molecule has 110 valence electrons. The van der Waals surface area contributed by atoms with Gasteiger partial charge in [0.15, 0.2) is 5.78 Å². The molecule has 20 heavy (non-hydrogen) atoms. The first-order valence-electron chi connectivity index (χ1n) is 6.62. The number of esters is 1. The van der Waals surface area contributed by atoms with E-state index >= 15 is 0 Å². The molecule has 1 aromatic carbocycles. The summed E-state index contributed by atoms with van der Waals surface area (Å²) in [6.45, 7) is 4.70. The second-order valence-corrected chi connectivity index (χ2v) is 4.02. The van der Waals surface area contributed by atoms with Crippen molar-refractivity contribution in [2.75, 3.05) is 20.3 Å². The Morgan fingerprint density at radius 2 is 1.75 bits per heavy atom. The number of carbonyl (C=O) groups is 2. The number of hydrogen-bond donors (Lipinski definition) is 0. The van der Waals surface area contributed by atoms with Gasteiger partial charge in [0.2, 0.25) is 0 Å². The van der Waals surface area contributed by atoms with Crippen LogP contribution in [0.2, 0.25) is 0 Å². The number of benzene rings is 1. The molecule has 0 bridgehead atoms. The van der Waals surface area contributed by atoms with Crippen molar-refractivity contribution in [1.29, 1.82) is 0 Å². The summed E-state index contributed by atoms with van der Waals surface area (Å²) in [5.41, 5.74) is 0.432. The topological polar surface area (TPSA) is 61.8 Å². The van der Waals surface area contributed by atoms with Crippen molar-refractivity contribution in [2.45, 2.75) is 26.7 Å². The highest BCUT2D eigenvalue weighted by atomic mass is 16.5. The standard InChI is InChI=1S/C15H20O5/c1-4-19-11-6-8-14(20-5-2)12(10-11)13(16)7-9-15(17)18-3/h6,8,10H,4-5,7,9H2,1-3H3. The van der Waals surface area contributed by atoms with E-state index in [4.69, 9.17) is 9.47 Å². The molecule has 0 saturated carbocycles. The Bertz CT molecular complexity index is 467. The smallest absolute Gasteiger partial charge is 0.305 e. The maximum Gasteiger partial charge on any atom is 0.305 e. The number of ether oxygens (including phenoxy) is 3. The highest BCUT2D eigenvalue weighted by Crippen LogP contribution is 2.26. The van der Waals surface area contributed by atoms with Gasteiger partial charge in [-0.15, -0.1) is 0 Å². The SMILES string of the molecule is CCOc1ccc(OCC)c(C(=O)CCC(=O)OC)c1. The Morgan fingerprint density at radius 3 is 2.35 bits per heavy atom. The maximum atomic E-state index is 12.2. The number of rotatable bonds is 8. The van der Waals surface area contributed by atoms with E-state index in [0.717, 1.165) is 0 Å². The summed E-state index contributed by atoms with van der Waals surface area (Å²) in [4.78, 5) is 23.3. The zero-order valence-corrected chi connectivity index (χ0v) is 12.1. The van der Waals surface area contributed by atoms with Crippen LogP contribution in [0.4, 0.5) is 0 Å². The summed E-state index contributed by atoms with van der Waals surface area (Å²) in [5.74, 6) is 0.542. The molecule has 0 amide bonds. The van der Waals surface area contributed by atoms with Crippen molar-refractivity contribution in [3.05, 3.63) is 23.8 Å². The average Bonchev–Trinajstić information content (AvgIpc) is 2.46. The van der Waals surface area contributed by atoms with Crippen LogP contribution in [0.25, 0.3) is 0 Å². The number of carbonyl (C=O) groups excluding carboxylic acids is 2. The largest absolute Gasteiger partial charge is 0.494 e. The quantitative estimate of drug-likeness (QED) is 0.541. The fraction of sp³-hybridized carbons (Fsp3) is 0.467. The van der Waals surface area contributed by atoms with Gasteiger partial charge in [0.1, 0.15) is 11.5 Å². The van der Waals surface area contributed by atoms with Gasteiger partial charge in [-0.25, -0.2) is 0 Å². The predicted molar refractivity (Wildman–Crippen MR) is 74.4 cm³/mol. The van der Waals surface area contributed by atoms with Crippen molar-refractivity contribution in [2.24, 2.45) is 0 Å². The van der Waals surface area contributed by atoms with Crippen LogP contribution in [0.3, 0.4) is 0 Å². The Hall–Kier alpha value is -2.04. The molecule has 0 N–H and O–H groups in total. The summed E-state index contributed by atoms with van der Waals surface area (Å²) in [6, 6.07) is 5.11. The number of methoxy groups -OCH3 is 1. The van der Waals surface area contributed by atoms with Gasteiger partial charge in [0, 0.05) is 6.42 Å². The van der Waals surface area contributed by atoms with Gasteiger partial charge in [-0.05, 0) is 32.0 Å². The Labute approximate surface area is 118 Å². The normalized spacial score (nSPS) is 9.95. The van der Waals surface area contributed by atoms with E-state index in [2.05, 4.69) is 4.74 Å². The lowest BCUT2D eigenvalue weighted by atomic mass is 10.1. The van der Waals surface area contributed by atoms with Crippen LogP contribution in [0.5, 0.6) is 11.5 Å². The third-order valence-corrected chi connectivity index (χ3v) is 2.65. The van der Waals surface area contributed by atoms with Crippen molar-refractivity contribution in [1.82, 2.24) is 0 Å². The molecule has 0 aliphatic rings. The number of Topliss-reactive ketones (excluding diaryl/α,β-unsaturated/α-hetero) is 1. The second-order valence-electron chi connectivity index (χ2n) is 4.02. The third kappa shape index (κ3) is 4.57. The third-order valence-electron chi connectivity index (χ3n) is 2.65. The molecule has 0 radical (unpaired) electrons. The Morgan fingerprint density at radius 1 is 1.05 bits per heavy atom. The van der Waals surface area contributed by atoms with E-state index < -0.39 is 5.97 Å². The minimum atomic E-state index is -0.405. The summed E-state index contributed by atoms with van der Waals surface area (Å²) in [6.07, 6.45) is 0.141. The van der Waals surface area contributed by atoms with E-state index in [9.17, 15) is 9.59 Å². The van der Waals surface area contributed by atoms with Crippen molar-refractivity contribution in [3.63, 3.8) is 0 Å². The van der Waals surface area contributed by atoms with Crippen LogP contribution in [-0.2, 0) is 9.53 Å². The molecule has 0 heterocycles. The molecular formula is C15H20O5. The highest BCUT2D eigenvalue weighted by molar-refractivity contribution is 6.00. The monoisotopic (exact) mass is 280 g/mol. The van der Waals surface area contributed by atoms with Gasteiger partial charge in [-0.3, -0.25) is 9.59 Å². The molecule has 5 nitrogen and oxygen atoms in total. The van der Waals surface area contributed by atoms with Gasteiger partial charge in [-0.1, -0.05) is 0 Å². The van der Waals surface area contributed by atoms with E-state index in [1.165, 1.54) is 7.11 Å². The van der Waals surface area contributed by atoms with E-state index in [-0.39, 0.29) is 18.6 Å². The number of ketones is 1. The number of hydrogen-bond acceptors (Lipinski definition) is 5.